The third kappa shape index (κ3) is 8.93. The van der Waals surface area contributed by atoms with Crippen LogP contribution in [0.3, 0.4) is 0 Å². The summed E-state index contributed by atoms with van der Waals surface area (Å²) in [4.78, 5) is 9.50. The first-order chi connectivity index (χ1) is 2.27. The van der Waals surface area contributed by atoms with Crippen LogP contribution in [-0.2, 0) is 4.79 Å². The second kappa shape index (κ2) is 5.10. The molecule has 1 atom stereocenters. The molecular formula is C4H11OP. The Bertz CT molecular complexity index is 34.5. The second-order valence-corrected chi connectivity index (χ2v) is 1.38. The minimum atomic E-state index is 0. The predicted octanol–water partition coefficient (Wildman–Crippen LogP) is 0.899. The molecule has 1 unspecified atom stereocenters. The number of hydrogen-bond donors (Lipinski definition) is 0. The van der Waals surface area contributed by atoms with E-state index in [1.165, 1.54) is 0 Å². The lowest BCUT2D eigenvalue weighted by Crippen LogP contribution is -1.82. The van der Waals surface area contributed by atoms with Crippen molar-refractivity contribution in [2.75, 3.05) is 0 Å². The molecule has 0 aliphatic rings. The Morgan fingerprint density at radius 3 is 1.67 bits per heavy atom. The van der Waals surface area contributed by atoms with Gasteiger partial charge in [0, 0.05) is 5.92 Å². The fourth-order valence-electron chi connectivity index (χ4n) is 0. The Labute approximate surface area is 41.7 Å². The standard InChI is InChI=1S/C4H8O.H3P/c1-4(2)3-5;/h3-4H,1-2H3;1H3. The third-order valence-corrected chi connectivity index (χ3v) is 0.272. The summed E-state index contributed by atoms with van der Waals surface area (Å²) in [5.74, 6) is 0.204. The van der Waals surface area contributed by atoms with Gasteiger partial charge in [0.05, 0.1) is 0 Å². The number of aldehydes is 1. The summed E-state index contributed by atoms with van der Waals surface area (Å²) in [6, 6.07) is 0. The molecule has 0 aliphatic heterocycles. The van der Waals surface area contributed by atoms with E-state index in [-0.39, 0.29) is 15.8 Å². The maximum atomic E-state index is 9.50. The predicted molar refractivity (Wildman–Crippen MR) is 32.0 cm³/mol. The molecule has 0 aliphatic carbocycles. The molecule has 0 aromatic heterocycles. The van der Waals surface area contributed by atoms with E-state index in [2.05, 4.69) is 0 Å². The Morgan fingerprint density at radius 1 is 1.50 bits per heavy atom. The van der Waals surface area contributed by atoms with Crippen LogP contribution in [-0.4, -0.2) is 6.29 Å². The molecule has 2 heteroatoms. The van der Waals surface area contributed by atoms with E-state index < -0.39 is 0 Å². The first-order valence-electron chi connectivity index (χ1n) is 1.72. The van der Waals surface area contributed by atoms with E-state index in [0.717, 1.165) is 6.29 Å². The summed E-state index contributed by atoms with van der Waals surface area (Å²) in [5.41, 5.74) is 0. The van der Waals surface area contributed by atoms with Crippen molar-refractivity contribution in [3.05, 3.63) is 0 Å². The lowest BCUT2D eigenvalue weighted by atomic mass is 10.3. The van der Waals surface area contributed by atoms with Gasteiger partial charge in [-0.15, -0.1) is 0 Å². The Balaban J connectivity index is 0. The summed E-state index contributed by atoms with van der Waals surface area (Å²) < 4.78 is 0. The zero-order valence-electron chi connectivity index (χ0n) is 4.27. The molecule has 0 aromatic rings. The lowest BCUT2D eigenvalue weighted by molar-refractivity contribution is -0.110. The van der Waals surface area contributed by atoms with Gasteiger partial charge in [0.2, 0.25) is 0 Å². The summed E-state index contributed by atoms with van der Waals surface area (Å²) >= 11 is 0. The van der Waals surface area contributed by atoms with E-state index in [1.54, 1.807) is 0 Å². The summed E-state index contributed by atoms with van der Waals surface area (Å²) in [6.45, 7) is 3.71. The second-order valence-electron chi connectivity index (χ2n) is 1.38. The van der Waals surface area contributed by atoms with Gasteiger partial charge >= 0.3 is 0 Å². The van der Waals surface area contributed by atoms with Gasteiger partial charge in [-0.1, -0.05) is 13.8 Å². The molecule has 0 saturated heterocycles. The van der Waals surface area contributed by atoms with Crippen molar-refractivity contribution in [2.24, 2.45) is 5.92 Å². The quantitative estimate of drug-likeness (QED) is 0.358. The fourth-order valence-corrected chi connectivity index (χ4v) is 0. The maximum absolute atomic E-state index is 9.50. The molecule has 1 nitrogen and oxygen atoms in total. The van der Waals surface area contributed by atoms with E-state index in [9.17, 15) is 4.79 Å². The topological polar surface area (TPSA) is 17.1 Å². The van der Waals surface area contributed by atoms with Crippen molar-refractivity contribution in [1.82, 2.24) is 0 Å². The molecule has 0 fully saturated rings. The molecular weight excluding hydrogens is 95.0 g/mol. The number of carbonyl (C=O) groups excluding carboxylic acids is 1. The third-order valence-electron chi connectivity index (χ3n) is 0.272. The largest absolute Gasteiger partial charge is 0.303 e. The normalized spacial score (nSPS) is 7.17. The van der Waals surface area contributed by atoms with E-state index in [1.807, 2.05) is 13.8 Å². The molecule has 38 valence electrons. The molecule has 0 heterocycles. The highest BCUT2D eigenvalue weighted by Gasteiger charge is 1.79. The van der Waals surface area contributed by atoms with Crippen LogP contribution in [0, 0.1) is 5.92 Å². The Hall–Kier alpha value is 0.100. The molecule has 0 radical (unpaired) electrons. The smallest absolute Gasteiger partial charge is 0.122 e. The van der Waals surface area contributed by atoms with Gasteiger partial charge < -0.3 is 4.79 Å². The minimum absolute atomic E-state index is 0. The van der Waals surface area contributed by atoms with Gasteiger partial charge in [-0.25, -0.2) is 0 Å². The number of hydrogen-bond acceptors (Lipinski definition) is 1. The first kappa shape index (κ1) is 9.44. The first-order valence-corrected chi connectivity index (χ1v) is 1.72. The zero-order valence-corrected chi connectivity index (χ0v) is 5.68. The molecule has 0 aromatic carbocycles. The van der Waals surface area contributed by atoms with Crippen LogP contribution >= 0.6 is 9.90 Å². The van der Waals surface area contributed by atoms with Crippen molar-refractivity contribution >= 4 is 16.2 Å². The SMILES string of the molecule is CC(C)C=O.P. The van der Waals surface area contributed by atoms with Gasteiger partial charge in [-0.2, -0.15) is 9.90 Å². The molecule has 0 rings (SSSR count). The fraction of sp³-hybridized carbons (Fsp3) is 0.750. The van der Waals surface area contributed by atoms with Gasteiger partial charge in [-0.05, 0) is 0 Å². The van der Waals surface area contributed by atoms with Crippen LogP contribution in [0.4, 0.5) is 0 Å². The summed E-state index contributed by atoms with van der Waals surface area (Å²) in [6.07, 6.45) is 0.917. The lowest BCUT2D eigenvalue weighted by Gasteiger charge is -1.78. The number of rotatable bonds is 1. The Morgan fingerprint density at radius 2 is 1.67 bits per heavy atom. The Kier molecular flexibility index (Phi) is 8.02. The molecule has 0 bridgehead atoms. The van der Waals surface area contributed by atoms with Gasteiger partial charge in [0.15, 0.2) is 0 Å². The highest BCUT2D eigenvalue weighted by Crippen LogP contribution is 1.78. The summed E-state index contributed by atoms with van der Waals surface area (Å²) in [7, 11) is 0. The molecule has 0 N–H and O–H groups in total. The maximum Gasteiger partial charge on any atom is 0.122 e. The molecule has 0 saturated carbocycles. The highest BCUT2D eigenvalue weighted by molar-refractivity contribution is 6.92. The van der Waals surface area contributed by atoms with Crippen LogP contribution in [0.1, 0.15) is 13.8 Å². The average Bonchev–Trinajstić information content (AvgIpc) is 1.38. The van der Waals surface area contributed by atoms with Crippen molar-refractivity contribution in [3.8, 4) is 0 Å². The van der Waals surface area contributed by atoms with E-state index >= 15 is 0 Å². The number of carbonyl (C=O) groups is 1. The van der Waals surface area contributed by atoms with Crippen molar-refractivity contribution < 1.29 is 4.79 Å². The van der Waals surface area contributed by atoms with Crippen molar-refractivity contribution in [1.29, 1.82) is 0 Å². The van der Waals surface area contributed by atoms with Crippen molar-refractivity contribution in [3.63, 3.8) is 0 Å². The van der Waals surface area contributed by atoms with Crippen molar-refractivity contribution in [2.45, 2.75) is 13.8 Å². The van der Waals surface area contributed by atoms with Gasteiger partial charge in [-0.3, -0.25) is 0 Å². The minimum Gasteiger partial charge on any atom is -0.303 e. The van der Waals surface area contributed by atoms with E-state index in [0.29, 0.717) is 0 Å². The van der Waals surface area contributed by atoms with E-state index in [4.69, 9.17) is 0 Å². The summed E-state index contributed by atoms with van der Waals surface area (Å²) in [5, 5.41) is 0. The van der Waals surface area contributed by atoms with Gasteiger partial charge in [0.1, 0.15) is 6.29 Å². The van der Waals surface area contributed by atoms with Crippen LogP contribution in [0.15, 0.2) is 0 Å². The van der Waals surface area contributed by atoms with Crippen LogP contribution in [0.2, 0.25) is 0 Å². The molecule has 0 amide bonds. The monoisotopic (exact) mass is 106 g/mol. The zero-order chi connectivity index (χ0) is 4.28. The average molecular weight is 106 g/mol. The van der Waals surface area contributed by atoms with Crippen LogP contribution in [0.25, 0.3) is 0 Å². The van der Waals surface area contributed by atoms with Gasteiger partial charge in [0.25, 0.3) is 0 Å². The van der Waals surface area contributed by atoms with Crippen LogP contribution < -0.4 is 0 Å². The highest BCUT2D eigenvalue weighted by atomic mass is 31.0. The molecule has 0 spiro atoms. The molecule has 6 heavy (non-hydrogen) atoms. The van der Waals surface area contributed by atoms with Crippen LogP contribution in [0.5, 0.6) is 0 Å².